The molecule has 0 radical (unpaired) electrons. The van der Waals surface area contributed by atoms with Gasteiger partial charge in [0.15, 0.2) is 11.2 Å². The van der Waals surface area contributed by atoms with Gasteiger partial charge in [-0.3, -0.25) is 4.79 Å². The molecule has 1 fully saturated rings. The predicted molar refractivity (Wildman–Crippen MR) is 129 cm³/mol. The second-order valence-electron chi connectivity index (χ2n) is 8.61. The average Bonchev–Trinajstić information content (AvgIpc) is 3.28. The number of fused-ring (bicyclic) bond motifs is 1. The third kappa shape index (κ3) is 5.50. The molecule has 186 valence electrons. The van der Waals surface area contributed by atoms with Gasteiger partial charge in [0, 0.05) is 18.5 Å². The molecule has 12 nitrogen and oxygen atoms in total. The molecule has 14 heteroatoms. The maximum absolute atomic E-state index is 13.3. The van der Waals surface area contributed by atoms with Crippen LogP contribution in [0.3, 0.4) is 0 Å². The first-order chi connectivity index (χ1) is 16.8. The number of nitrogen functional groups attached to an aromatic ring is 1. The number of carboxylic acid groups (broad SMARTS) is 1. The summed E-state index contributed by atoms with van der Waals surface area (Å²) in [4.78, 5) is 43.5. The number of nitrogens with zero attached hydrogens (tertiary/aromatic N) is 2. The van der Waals surface area contributed by atoms with Crippen LogP contribution in [0.5, 0.6) is 5.75 Å². The summed E-state index contributed by atoms with van der Waals surface area (Å²) in [6, 6.07) is 3.02. The second kappa shape index (κ2) is 10.5. The van der Waals surface area contributed by atoms with Crippen molar-refractivity contribution in [2.75, 3.05) is 25.4 Å². The quantitative estimate of drug-likeness (QED) is 0.295. The third-order valence-corrected chi connectivity index (χ3v) is 6.87. The molecule has 3 amide bonds. The van der Waals surface area contributed by atoms with Gasteiger partial charge in [0.1, 0.15) is 5.75 Å². The molecule has 1 saturated heterocycles. The maximum Gasteiger partial charge on any atom is 0.547 e. The van der Waals surface area contributed by atoms with Crippen molar-refractivity contribution in [3.8, 4) is 5.75 Å². The van der Waals surface area contributed by atoms with Gasteiger partial charge in [0.25, 0.3) is 0 Å². The van der Waals surface area contributed by atoms with Crippen LogP contribution in [0.2, 0.25) is 0 Å². The van der Waals surface area contributed by atoms with Crippen molar-refractivity contribution in [2.45, 2.75) is 31.2 Å². The highest BCUT2D eigenvalue weighted by atomic mass is 32.1. The highest BCUT2D eigenvalue weighted by molar-refractivity contribution is 7.13. The molecule has 3 atom stereocenters. The molecule has 2 aromatic rings. The molecule has 2 aliphatic heterocycles. The Hall–Kier alpha value is -3.36. The van der Waals surface area contributed by atoms with Crippen molar-refractivity contribution in [1.82, 2.24) is 20.5 Å². The number of thiazole rings is 1. The fourth-order valence-corrected chi connectivity index (χ4v) is 4.93. The number of hydrogen-bond acceptors (Lipinski definition) is 9. The molecule has 0 saturated carbocycles. The molecule has 0 aliphatic carbocycles. The van der Waals surface area contributed by atoms with Crippen LogP contribution in [0.1, 0.15) is 40.5 Å². The summed E-state index contributed by atoms with van der Waals surface area (Å²) in [5.74, 6) is -2.42. The summed E-state index contributed by atoms with van der Waals surface area (Å²) in [6.07, 6.45) is 1.89. The van der Waals surface area contributed by atoms with Gasteiger partial charge in [-0.05, 0) is 43.4 Å². The van der Waals surface area contributed by atoms with Crippen molar-refractivity contribution in [3.63, 3.8) is 0 Å². The first-order valence-corrected chi connectivity index (χ1v) is 12.1. The fourth-order valence-electron chi connectivity index (χ4n) is 4.35. The standard InChI is InChI=1S/C21H27BN6O6S/c23-8-11-3-2-6-28(9-11)21(32)27-16(14-10-35-20(24)25-14)18(29)26-15-7-12-4-1-5-13(19(30)31)17(12)34-22(15)33/h1,4-5,10-11,15-16,33H,2-3,6-9,23H2,(H2,24,25)(H,26,29)(H,27,32)(H,30,31)/t11?,15-,16?/m0/s1. The Labute approximate surface area is 205 Å². The summed E-state index contributed by atoms with van der Waals surface area (Å²) in [5.41, 5.74) is 12.2. The number of aromatic nitrogens is 1. The number of carbonyl (C=O) groups is 3. The van der Waals surface area contributed by atoms with Crippen LogP contribution in [0.25, 0.3) is 0 Å². The Balaban J connectivity index is 1.50. The minimum Gasteiger partial charge on any atom is -0.534 e. The SMILES string of the molecule is NCC1CCCN(C(=O)NC(C(=O)N[C@H]2Cc3cccc(C(=O)O)c3OB2O)c2csc(N)n2)C1. The number of likely N-dealkylation sites (tertiary alicyclic amines) is 1. The molecule has 2 aliphatic rings. The number of piperidine rings is 1. The molecule has 3 heterocycles. The van der Waals surface area contributed by atoms with Crippen LogP contribution in [-0.2, 0) is 11.2 Å². The normalized spacial score (nSPS) is 20.4. The number of anilines is 1. The first kappa shape index (κ1) is 24.8. The second-order valence-corrected chi connectivity index (χ2v) is 9.50. The number of hydrogen-bond donors (Lipinski definition) is 6. The van der Waals surface area contributed by atoms with Gasteiger partial charge < -0.3 is 41.8 Å². The Bertz CT molecular complexity index is 1120. The van der Waals surface area contributed by atoms with Crippen molar-refractivity contribution >= 4 is 41.5 Å². The van der Waals surface area contributed by atoms with Crippen LogP contribution in [-0.4, -0.2) is 70.6 Å². The number of amides is 3. The van der Waals surface area contributed by atoms with Crippen LogP contribution in [0.15, 0.2) is 23.6 Å². The number of urea groups is 1. The maximum atomic E-state index is 13.3. The lowest BCUT2D eigenvalue weighted by Gasteiger charge is -2.33. The van der Waals surface area contributed by atoms with E-state index in [1.807, 2.05) is 0 Å². The Morgan fingerprint density at radius 3 is 2.86 bits per heavy atom. The number of aromatic carboxylic acids is 1. The molecule has 0 bridgehead atoms. The lowest BCUT2D eigenvalue weighted by molar-refractivity contribution is -0.123. The predicted octanol–water partition coefficient (Wildman–Crippen LogP) is -0.0155. The summed E-state index contributed by atoms with van der Waals surface area (Å²) in [6.45, 7) is 1.52. The molecule has 0 spiro atoms. The van der Waals surface area contributed by atoms with Gasteiger partial charge in [-0.1, -0.05) is 12.1 Å². The van der Waals surface area contributed by atoms with Crippen molar-refractivity contribution < 1.29 is 29.2 Å². The largest absolute Gasteiger partial charge is 0.547 e. The van der Waals surface area contributed by atoms with Crippen LogP contribution >= 0.6 is 11.3 Å². The van der Waals surface area contributed by atoms with Crippen LogP contribution < -0.4 is 26.8 Å². The van der Waals surface area contributed by atoms with E-state index in [4.69, 9.17) is 16.1 Å². The van der Waals surface area contributed by atoms with E-state index in [-0.39, 0.29) is 34.5 Å². The van der Waals surface area contributed by atoms with E-state index >= 15 is 0 Å². The smallest absolute Gasteiger partial charge is 0.534 e. The summed E-state index contributed by atoms with van der Waals surface area (Å²) < 4.78 is 5.45. The molecular formula is C21H27BN6O6S. The van der Waals surface area contributed by atoms with Crippen LogP contribution in [0, 0.1) is 5.92 Å². The lowest BCUT2D eigenvalue weighted by atomic mass is 9.72. The number of nitrogens with one attached hydrogen (secondary N) is 2. The lowest BCUT2D eigenvalue weighted by Crippen LogP contribution is -2.56. The van der Waals surface area contributed by atoms with E-state index in [0.29, 0.717) is 25.2 Å². The number of carboxylic acids is 1. The van der Waals surface area contributed by atoms with Crippen molar-refractivity contribution in [2.24, 2.45) is 11.7 Å². The Morgan fingerprint density at radius 1 is 1.37 bits per heavy atom. The summed E-state index contributed by atoms with van der Waals surface area (Å²) >= 11 is 1.13. The molecule has 1 aromatic carbocycles. The van der Waals surface area contributed by atoms with E-state index in [2.05, 4.69) is 15.6 Å². The number of para-hydroxylation sites is 1. The van der Waals surface area contributed by atoms with Gasteiger partial charge >= 0.3 is 19.1 Å². The Kier molecular flexibility index (Phi) is 7.43. The molecule has 2 unspecified atom stereocenters. The number of rotatable bonds is 6. The monoisotopic (exact) mass is 502 g/mol. The van der Waals surface area contributed by atoms with Gasteiger partial charge in [-0.25, -0.2) is 14.6 Å². The van der Waals surface area contributed by atoms with E-state index in [1.54, 1.807) is 22.4 Å². The minimum atomic E-state index is -1.49. The number of benzene rings is 1. The first-order valence-electron chi connectivity index (χ1n) is 11.2. The van der Waals surface area contributed by atoms with Gasteiger partial charge in [-0.15, -0.1) is 11.3 Å². The van der Waals surface area contributed by atoms with Gasteiger partial charge in [0.05, 0.1) is 17.2 Å². The zero-order chi connectivity index (χ0) is 25.1. The zero-order valence-corrected chi connectivity index (χ0v) is 19.7. The molecule has 4 rings (SSSR count). The van der Waals surface area contributed by atoms with Crippen LogP contribution in [0.4, 0.5) is 9.93 Å². The zero-order valence-electron chi connectivity index (χ0n) is 18.8. The van der Waals surface area contributed by atoms with E-state index in [0.717, 1.165) is 24.2 Å². The number of carbonyl (C=O) groups excluding carboxylic acids is 2. The number of nitrogens with two attached hydrogens (primary N) is 2. The highest BCUT2D eigenvalue weighted by Gasteiger charge is 2.40. The van der Waals surface area contributed by atoms with Gasteiger partial charge in [-0.2, -0.15) is 0 Å². The Morgan fingerprint density at radius 2 is 2.17 bits per heavy atom. The minimum absolute atomic E-state index is 0.0645. The highest BCUT2D eigenvalue weighted by Crippen LogP contribution is 2.30. The van der Waals surface area contributed by atoms with E-state index in [1.165, 1.54) is 6.07 Å². The van der Waals surface area contributed by atoms with E-state index < -0.39 is 37.0 Å². The molecule has 35 heavy (non-hydrogen) atoms. The molecular weight excluding hydrogens is 475 g/mol. The van der Waals surface area contributed by atoms with E-state index in [9.17, 15) is 24.5 Å². The van der Waals surface area contributed by atoms with Gasteiger partial charge in [0.2, 0.25) is 5.91 Å². The molecule has 8 N–H and O–H groups in total. The average molecular weight is 502 g/mol. The molecule has 1 aromatic heterocycles. The topological polar surface area (TPSA) is 193 Å². The fraction of sp³-hybridized carbons (Fsp3) is 0.429. The summed E-state index contributed by atoms with van der Waals surface area (Å²) in [5, 5.41) is 27.1. The third-order valence-electron chi connectivity index (χ3n) is 6.18. The summed E-state index contributed by atoms with van der Waals surface area (Å²) in [7, 11) is -1.49. The van der Waals surface area contributed by atoms with Crippen molar-refractivity contribution in [3.05, 3.63) is 40.4 Å². The van der Waals surface area contributed by atoms with Crippen molar-refractivity contribution in [1.29, 1.82) is 0 Å².